The Morgan fingerprint density at radius 2 is 1.67 bits per heavy atom. The normalized spacial score (nSPS) is 23.1. The van der Waals surface area contributed by atoms with E-state index in [0.29, 0.717) is 40.5 Å². The summed E-state index contributed by atoms with van der Waals surface area (Å²) in [6, 6.07) is 13.0. The van der Waals surface area contributed by atoms with Crippen LogP contribution in [0.1, 0.15) is 84.8 Å². The second-order valence-corrected chi connectivity index (χ2v) is 24.3. The molecule has 4 bridgehead atoms. The Bertz CT molecular complexity index is 3320. The number of epoxide rings is 1. The van der Waals surface area contributed by atoms with Crippen molar-refractivity contribution in [3.63, 3.8) is 0 Å². The lowest BCUT2D eigenvalue weighted by Gasteiger charge is -2.42. The van der Waals surface area contributed by atoms with Gasteiger partial charge in [-0.15, -0.1) is 0 Å². The molecule has 0 aliphatic carbocycles. The summed E-state index contributed by atoms with van der Waals surface area (Å²) in [6.45, 7) is 10.2. The zero-order valence-electron chi connectivity index (χ0n) is 53.3. The number of carbonyl (C=O) groups is 8. The molecular formula is C63H82ClN11O15S2. The van der Waals surface area contributed by atoms with Crippen molar-refractivity contribution in [3.05, 3.63) is 101 Å². The second kappa shape index (κ2) is 32.9. The summed E-state index contributed by atoms with van der Waals surface area (Å²) in [4.78, 5) is 115. The number of ether oxygens (including phenoxy) is 6. The number of likely N-dealkylation sites (N-methyl/N-ethyl adjacent to an activating group) is 1. The first-order valence-electron chi connectivity index (χ1n) is 29.7. The minimum Gasteiger partial charge on any atom is -0.495 e. The van der Waals surface area contributed by atoms with Gasteiger partial charge in [0.25, 0.3) is 0 Å². The Kier molecular flexibility index (Phi) is 26.0. The number of esters is 1. The third kappa shape index (κ3) is 19.6. The SMILES string of the molecule is COc1cc2cc(c1Cl)N(C)C(=O)C[C@H](OC(=O)[C@H](C)N(C)C(=O)CCN(C)C(=O)OCc1ccc(NC(=O)[C@@H](CCCNC(N)=O)NC(=O)[C@H](NC(=S)Nc3ccc(N=C=S)cc3)C(C)C)cc1)[C@]1(C)O[C@H]1[C@H](C)[C@@H]1C[C@@](O)(NC(=O)O1)[C@H](OC)/C=C/C=C(\C)C2. The summed E-state index contributed by atoms with van der Waals surface area (Å²) in [5.74, 6) is -3.57. The summed E-state index contributed by atoms with van der Waals surface area (Å²) in [5, 5.41) is 31.2. The molecular weight excluding hydrogens is 1250 g/mol. The van der Waals surface area contributed by atoms with Crippen LogP contribution in [0.3, 0.4) is 0 Å². The van der Waals surface area contributed by atoms with E-state index in [4.69, 9.17) is 58.0 Å². The summed E-state index contributed by atoms with van der Waals surface area (Å²) < 4.78 is 35.0. The summed E-state index contributed by atoms with van der Waals surface area (Å²) in [5.41, 5.74) is 6.08. The van der Waals surface area contributed by atoms with Gasteiger partial charge in [0, 0.05) is 71.5 Å². The predicted molar refractivity (Wildman–Crippen MR) is 351 cm³/mol. The number of aliphatic hydroxyl groups is 1. The van der Waals surface area contributed by atoms with Gasteiger partial charge in [0.05, 0.1) is 36.2 Å². The van der Waals surface area contributed by atoms with Crippen LogP contribution in [0.25, 0.3) is 0 Å². The third-order valence-electron chi connectivity index (χ3n) is 16.2. The van der Waals surface area contributed by atoms with Crippen molar-refractivity contribution in [1.82, 2.24) is 31.1 Å². The lowest BCUT2D eigenvalue weighted by Crippen LogP contribution is -2.63. The number of anilines is 3. The molecule has 2 fully saturated rings. The fourth-order valence-corrected chi connectivity index (χ4v) is 11.1. The summed E-state index contributed by atoms with van der Waals surface area (Å²) >= 11 is 17.0. The number of benzene rings is 3. The van der Waals surface area contributed by atoms with E-state index in [9.17, 15) is 43.5 Å². The molecule has 0 radical (unpaired) electrons. The molecule has 0 spiro atoms. The molecule has 3 aromatic carbocycles. The summed E-state index contributed by atoms with van der Waals surface area (Å²) in [6.07, 6.45) is -0.455. The fraction of sp³-hybridized carbons (Fsp3) is 0.492. The number of alkyl carbamates (subject to hydrolysis) is 1. The first-order valence-corrected chi connectivity index (χ1v) is 30.9. The lowest BCUT2D eigenvalue weighted by atomic mass is 9.83. The maximum atomic E-state index is 14.5. The van der Waals surface area contributed by atoms with E-state index in [2.05, 4.69) is 54.3 Å². The van der Waals surface area contributed by atoms with Crippen LogP contribution in [0.15, 0.2) is 89.5 Å². The van der Waals surface area contributed by atoms with Crippen molar-refractivity contribution in [2.24, 2.45) is 22.6 Å². The topological polar surface area (TPSA) is 336 Å². The van der Waals surface area contributed by atoms with E-state index in [0.717, 1.165) is 16.0 Å². The largest absolute Gasteiger partial charge is 0.495 e. The minimum atomic E-state index is -1.91. The molecule has 6 rings (SSSR count). The number of carbonyl (C=O) groups excluding carboxylic acids is 8. The Labute approximate surface area is 550 Å². The van der Waals surface area contributed by atoms with Crippen LogP contribution in [0.5, 0.6) is 5.75 Å². The minimum absolute atomic E-state index is 0.111. The van der Waals surface area contributed by atoms with Crippen molar-refractivity contribution in [2.75, 3.05) is 64.0 Å². The monoisotopic (exact) mass is 1330 g/mol. The first-order chi connectivity index (χ1) is 43.5. The molecule has 3 heterocycles. The quantitative estimate of drug-likeness (QED) is 0.0128. The number of fused-ring (bicyclic) bond motifs is 5. The highest BCUT2D eigenvalue weighted by atomic mass is 35.5. The number of nitrogens with one attached hydrogen (secondary N) is 6. The highest BCUT2D eigenvalue weighted by Crippen LogP contribution is 2.49. The van der Waals surface area contributed by atoms with Gasteiger partial charge in [0.15, 0.2) is 10.8 Å². The van der Waals surface area contributed by atoms with E-state index in [-0.39, 0.29) is 61.4 Å². The molecule has 3 aromatic rings. The van der Waals surface area contributed by atoms with Crippen molar-refractivity contribution in [2.45, 2.75) is 141 Å². The molecule has 3 aliphatic rings. The van der Waals surface area contributed by atoms with E-state index in [1.807, 2.05) is 26.8 Å². The van der Waals surface area contributed by atoms with Gasteiger partial charge in [-0.2, -0.15) is 4.99 Å². The molecule has 26 nitrogen and oxygen atoms in total. The third-order valence-corrected chi connectivity index (χ3v) is 16.9. The zero-order valence-corrected chi connectivity index (χ0v) is 55.7. The standard InChI is InChI=1S/C63H82ClN11O15S2/c1-35(2)53(71-59(92)69-43-23-21-41(22-24-43)67-34-91)56(79)70-44(15-13-26-66-58(65)81)55(78)68-42-19-17-39(18-20-42)33-87-61(83)73(7)27-25-50(76)74(8)38(5)57(80)89-49-31-51(77)75(9)45-29-40(30-46(85-10)52(45)64)28-36(3)14-12-16-48(86-11)63(84)32-47(88-60(82)72-63)37(4)54-62(49,6)90-54/h12,14,16-24,29-30,35,37-38,44,47-49,53-54,84H,13,15,25-28,31-33H2,1-11H3,(H,68,78)(H,70,79)(H,72,82)(H3,65,66,81)(H2,69,71,92)/b16-12+,36-14+/t37-,38+,44-,47+,48-,49+,53-,54+,62+,63+/m1/s1. The van der Waals surface area contributed by atoms with Crippen LogP contribution in [0.2, 0.25) is 5.02 Å². The van der Waals surface area contributed by atoms with E-state index >= 15 is 0 Å². The lowest BCUT2D eigenvalue weighted by molar-refractivity contribution is -0.162. The van der Waals surface area contributed by atoms with Gasteiger partial charge >= 0.3 is 24.2 Å². The number of rotatable bonds is 22. The van der Waals surface area contributed by atoms with E-state index < -0.39 is 114 Å². The van der Waals surface area contributed by atoms with Gasteiger partial charge in [-0.3, -0.25) is 24.5 Å². The van der Waals surface area contributed by atoms with Gasteiger partial charge in [-0.25, -0.2) is 19.2 Å². The average Bonchev–Trinajstić information content (AvgIpc) is 1.57. The van der Waals surface area contributed by atoms with Gasteiger partial charge < -0.3 is 80.5 Å². The molecule has 0 aromatic heterocycles. The van der Waals surface area contributed by atoms with Gasteiger partial charge in [-0.1, -0.05) is 68.3 Å². The van der Waals surface area contributed by atoms with Gasteiger partial charge in [-0.05, 0) is 130 Å². The Morgan fingerprint density at radius 3 is 2.32 bits per heavy atom. The van der Waals surface area contributed by atoms with E-state index in [1.165, 1.54) is 52.1 Å². The summed E-state index contributed by atoms with van der Waals surface area (Å²) in [7, 11) is 7.23. The van der Waals surface area contributed by atoms with E-state index in [1.54, 1.807) is 86.7 Å². The number of thiocarbonyl (C=S) groups is 2. The molecule has 498 valence electrons. The van der Waals surface area contributed by atoms with Crippen LogP contribution in [-0.4, -0.2) is 175 Å². The first kappa shape index (κ1) is 72.8. The molecule has 92 heavy (non-hydrogen) atoms. The maximum absolute atomic E-state index is 14.5. The van der Waals surface area contributed by atoms with Crippen LogP contribution in [0, 0.1) is 11.8 Å². The molecule has 0 unspecified atom stereocenters. The highest BCUT2D eigenvalue weighted by molar-refractivity contribution is 7.80. The molecule has 8 amide bonds. The molecule has 29 heteroatoms. The average molecular weight is 1330 g/mol. The van der Waals surface area contributed by atoms with Crippen molar-refractivity contribution < 1.29 is 71.9 Å². The van der Waals surface area contributed by atoms with Crippen LogP contribution in [-0.2, 0) is 60.7 Å². The smallest absolute Gasteiger partial charge is 0.409 e. The molecule has 9 N–H and O–H groups in total. The van der Waals surface area contributed by atoms with Gasteiger partial charge in [0.2, 0.25) is 23.6 Å². The number of hydrogen-bond acceptors (Lipinski definition) is 18. The zero-order chi connectivity index (χ0) is 67.8. The molecule has 10 atom stereocenters. The number of isothiocyanates is 1. The molecule has 3 aliphatic heterocycles. The second-order valence-electron chi connectivity index (χ2n) is 23.4. The molecule has 0 saturated carbocycles. The number of amides is 8. The number of primary amides is 1. The number of nitrogens with zero attached hydrogens (tertiary/aromatic N) is 4. The fourth-order valence-electron chi connectivity index (χ4n) is 10.5. The highest BCUT2D eigenvalue weighted by Gasteiger charge is 2.64. The predicted octanol–water partition coefficient (Wildman–Crippen LogP) is 6.79. The number of allylic oxidation sites excluding steroid dienone is 3. The number of methoxy groups -OCH3 is 2. The maximum Gasteiger partial charge on any atom is 0.409 e. The number of aliphatic imine (C=N–C) groups is 1. The molecule has 2 saturated heterocycles. The number of urea groups is 1. The van der Waals surface area contributed by atoms with Crippen molar-refractivity contribution in [3.8, 4) is 5.75 Å². The van der Waals surface area contributed by atoms with Crippen LogP contribution in [0.4, 0.5) is 37.1 Å². The van der Waals surface area contributed by atoms with Crippen LogP contribution >= 0.6 is 36.0 Å². The van der Waals surface area contributed by atoms with Gasteiger partial charge in [0.1, 0.15) is 59.4 Å². The van der Waals surface area contributed by atoms with Crippen LogP contribution < -0.4 is 47.3 Å². The number of hydrogen-bond donors (Lipinski definition) is 8. The Balaban J connectivity index is 1.06. The number of halogens is 1. The Morgan fingerprint density at radius 1 is 1.00 bits per heavy atom. The van der Waals surface area contributed by atoms with Crippen molar-refractivity contribution in [1.29, 1.82) is 0 Å². The van der Waals surface area contributed by atoms with Crippen molar-refractivity contribution >= 4 is 117 Å². The number of nitrogens with two attached hydrogens (primary N) is 1. The Hall–Kier alpha value is -8.24.